The zero-order valence-electron chi connectivity index (χ0n) is 30.6. The normalized spacial score (nSPS) is 19.7. The second-order valence-electron chi connectivity index (χ2n) is 17.0. The van der Waals surface area contributed by atoms with Gasteiger partial charge < -0.3 is 9.47 Å². The van der Waals surface area contributed by atoms with Gasteiger partial charge in [0, 0.05) is 31.5 Å². The van der Waals surface area contributed by atoms with E-state index in [1.54, 1.807) is 0 Å². The Balaban J connectivity index is 1.38. The van der Waals surface area contributed by atoms with Gasteiger partial charge in [0.05, 0.1) is 33.7 Å². The predicted molar refractivity (Wildman–Crippen MR) is 180 cm³/mol. The van der Waals surface area contributed by atoms with Crippen LogP contribution in [0.1, 0.15) is 165 Å². The van der Waals surface area contributed by atoms with Crippen molar-refractivity contribution in [3.05, 3.63) is 23.8 Å². The van der Waals surface area contributed by atoms with Crippen LogP contribution >= 0.6 is 0 Å². The molecule has 1 unspecified atom stereocenters. The molecule has 1 aliphatic carbocycles. The zero-order chi connectivity index (χ0) is 32.9. The second-order valence-corrected chi connectivity index (χ2v) is 17.0. The van der Waals surface area contributed by atoms with Gasteiger partial charge in [0.1, 0.15) is 0 Å². The Labute approximate surface area is 269 Å². The molecule has 0 N–H and O–H groups in total. The molecule has 2 aromatic heterocycles. The lowest BCUT2D eigenvalue weighted by Crippen LogP contribution is -2.35. The van der Waals surface area contributed by atoms with Crippen LogP contribution < -0.4 is 0 Å². The van der Waals surface area contributed by atoms with Crippen LogP contribution in [0.2, 0.25) is 0 Å². The number of nitrogens with zero attached hydrogens (tertiary/aromatic N) is 6. The third-order valence-electron chi connectivity index (χ3n) is 10.3. The molecule has 0 aliphatic heterocycles. The van der Waals surface area contributed by atoms with Gasteiger partial charge in [-0.15, -0.1) is 10.2 Å². The van der Waals surface area contributed by atoms with Gasteiger partial charge in [-0.25, -0.2) is 9.36 Å². The number of aromatic nitrogens is 6. The molecule has 8 heteroatoms. The summed E-state index contributed by atoms with van der Waals surface area (Å²) in [7, 11) is 0. The van der Waals surface area contributed by atoms with Crippen molar-refractivity contribution >= 4 is 0 Å². The summed E-state index contributed by atoms with van der Waals surface area (Å²) in [6.45, 7) is 30.4. The van der Waals surface area contributed by atoms with E-state index in [0.717, 1.165) is 62.1 Å². The van der Waals surface area contributed by atoms with Crippen molar-refractivity contribution in [1.82, 2.24) is 30.0 Å². The molecule has 0 amide bonds. The van der Waals surface area contributed by atoms with E-state index in [-0.39, 0.29) is 22.3 Å². The summed E-state index contributed by atoms with van der Waals surface area (Å²) < 4.78 is 17.0. The summed E-state index contributed by atoms with van der Waals surface area (Å²) in [5, 5.41) is 17.7. The third-order valence-corrected chi connectivity index (χ3v) is 10.3. The highest BCUT2D eigenvalue weighted by atomic mass is 16.5. The highest BCUT2D eigenvalue weighted by Crippen LogP contribution is 2.39. The Hall–Kier alpha value is -1.80. The lowest BCUT2D eigenvalue weighted by atomic mass is 9.74. The standard InChI is InChI=1S/C36H66N6O2/c1-26(2)28(5)32-25-42(40-38-32)34(8,9)19-21-44-36(12,13)23-30-16-14-29(15-17-30)22-35(10,11)43-20-18-33(6,7)41-24-31(27(3)4)37-39-41/h24-30H,14-23H2,1-13H3. The number of hydrogen-bond acceptors (Lipinski definition) is 6. The van der Waals surface area contributed by atoms with E-state index in [0.29, 0.717) is 17.8 Å². The average Bonchev–Trinajstić information content (AvgIpc) is 3.60. The molecule has 0 saturated heterocycles. The van der Waals surface area contributed by atoms with Crippen LogP contribution in [0.15, 0.2) is 12.4 Å². The number of rotatable bonds is 17. The van der Waals surface area contributed by atoms with E-state index in [1.807, 2.05) is 9.36 Å². The summed E-state index contributed by atoms with van der Waals surface area (Å²) in [6, 6.07) is 0. The van der Waals surface area contributed by atoms with Crippen LogP contribution in [-0.4, -0.2) is 54.4 Å². The minimum absolute atomic E-state index is 0.119. The number of ether oxygens (including phenoxy) is 2. The molecule has 2 heterocycles. The Morgan fingerprint density at radius 1 is 0.659 bits per heavy atom. The van der Waals surface area contributed by atoms with Crippen LogP contribution in [0.4, 0.5) is 0 Å². The summed E-state index contributed by atoms with van der Waals surface area (Å²) >= 11 is 0. The zero-order valence-corrected chi connectivity index (χ0v) is 30.6. The predicted octanol–water partition coefficient (Wildman–Crippen LogP) is 8.88. The first-order chi connectivity index (χ1) is 20.3. The van der Waals surface area contributed by atoms with Gasteiger partial charge in [-0.3, -0.25) is 0 Å². The van der Waals surface area contributed by atoms with Gasteiger partial charge in [0.25, 0.3) is 0 Å². The summed E-state index contributed by atoms with van der Waals surface area (Å²) in [6.07, 6.45) is 13.4. The maximum atomic E-state index is 6.51. The van der Waals surface area contributed by atoms with Crippen molar-refractivity contribution in [3.8, 4) is 0 Å². The van der Waals surface area contributed by atoms with Gasteiger partial charge in [-0.1, -0.05) is 70.7 Å². The van der Waals surface area contributed by atoms with Crippen molar-refractivity contribution in [1.29, 1.82) is 0 Å². The first-order valence-electron chi connectivity index (χ1n) is 17.4. The van der Waals surface area contributed by atoms with E-state index in [9.17, 15) is 0 Å². The molecule has 252 valence electrons. The summed E-state index contributed by atoms with van der Waals surface area (Å²) in [5.41, 5.74) is 1.63. The SMILES string of the molecule is CC(C)c1cn(C(C)(C)CCOC(C)(C)CC2CCC(CC(C)(C)OCCC(C)(C)n3cc(C(C)C(C)C)nn3)CC2)nn1. The fourth-order valence-corrected chi connectivity index (χ4v) is 6.49. The van der Waals surface area contributed by atoms with E-state index in [4.69, 9.17) is 9.47 Å². The molecular weight excluding hydrogens is 548 g/mol. The molecule has 44 heavy (non-hydrogen) atoms. The van der Waals surface area contributed by atoms with Crippen molar-refractivity contribution in [3.63, 3.8) is 0 Å². The summed E-state index contributed by atoms with van der Waals surface area (Å²) in [4.78, 5) is 0. The average molecular weight is 615 g/mol. The highest BCUT2D eigenvalue weighted by Gasteiger charge is 2.33. The summed E-state index contributed by atoms with van der Waals surface area (Å²) in [5.74, 6) is 2.81. The van der Waals surface area contributed by atoms with E-state index < -0.39 is 0 Å². The van der Waals surface area contributed by atoms with Crippen molar-refractivity contribution in [2.75, 3.05) is 13.2 Å². The minimum Gasteiger partial charge on any atom is -0.375 e. The van der Waals surface area contributed by atoms with Crippen molar-refractivity contribution in [2.45, 2.75) is 175 Å². The fourth-order valence-electron chi connectivity index (χ4n) is 6.49. The topological polar surface area (TPSA) is 79.9 Å². The lowest BCUT2D eigenvalue weighted by Gasteiger charge is -2.38. The Morgan fingerprint density at radius 3 is 1.41 bits per heavy atom. The third kappa shape index (κ3) is 10.6. The van der Waals surface area contributed by atoms with Crippen LogP contribution in [0, 0.1) is 17.8 Å². The molecule has 1 saturated carbocycles. The number of hydrogen-bond donors (Lipinski definition) is 0. The van der Waals surface area contributed by atoms with Gasteiger partial charge in [-0.05, 0) is 105 Å². The largest absolute Gasteiger partial charge is 0.375 e. The van der Waals surface area contributed by atoms with E-state index in [1.165, 1.54) is 25.7 Å². The monoisotopic (exact) mass is 615 g/mol. The Bertz CT molecular complexity index is 1140. The smallest absolute Gasteiger partial charge is 0.0858 e. The fraction of sp³-hybridized carbons (Fsp3) is 0.889. The molecule has 1 aliphatic rings. The van der Waals surface area contributed by atoms with E-state index in [2.05, 4.69) is 123 Å². The lowest BCUT2D eigenvalue weighted by molar-refractivity contribution is -0.0572. The van der Waals surface area contributed by atoms with Gasteiger partial charge in [0.15, 0.2) is 0 Å². The molecule has 1 atom stereocenters. The highest BCUT2D eigenvalue weighted by molar-refractivity contribution is 5.03. The van der Waals surface area contributed by atoms with Crippen LogP contribution in [-0.2, 0) is 20.6 Å². The minimum atomic E-state index is -0.131. The van der Waals surface area contributed by atoms with Crippen LogP contribution in [0.3, 0.4) is 0 Å². The first kappa shape index (κ1) is 36.7. The van der Waals surface area contributed by atoms with Crippen LogP contribution in [0.25, 0.3) is 0 Å². The molecule has 0 spiro atoms. The maximum absolute atomic E-state index is 6.51. The molecule has 2 aromatic rings. The van der Waals surface area contributed by atoms with Gasteiger partial charge in [0.2, 0.25) is 0 Å². The Morgan fingerprint density at radius 2 is 1.05 bits per heavy atom. The quantitative estimate of drug-likeness (QED) is 0.177. The molecule has 8 nitrogen and oxygen atoms in total. The molecule has 0 bridgehead atoms. The molecule has 0 aromatic carbocycles. The Kier molecular flexibility index (Phi) is 12.3. The molecule has 0 radical (unpaired) electrons. The second kappa shape index (κ2) is 14.7. The molecule has 1 fully saturated rings. The van der Waals surface area contributed by atoms with Crippen molar-refractivity contribution in [2.24, 2.45) is 17.8 Å². The van der Waals surface area contributed by atoms with Crippen LogP contribution in [0.5, 0.6) is 0 Å². The van der Waals surface area contributed by atoms with Crippen molar-refractivity contribution < 1.29 is 9.47 Å². The molecule has 3 rings (SSSR count). The molecular formula is C36H66N6O2. The maximum Gasteiger partial charge on any atom is 0.0858 e. The first-order valence-corrected chi connectivity index (χ1v) is 17.4. The van der Waals surface area contributed by atoms with Gasteiger partial charge in [-0.2, -0.15) is 0 Å². The van der Waals surface area contributed by atoms with E-state index >= 15 is 0 Å². The van der Waals surface area contributed by atoms with Gasteiger partial charge >= 0.3 is 0 Å².